The van der Waals surface area contributed by atoms with E-state index in [1.807, 2.05) is 19.2 Å². The van der Waals surface area contributed by atoms with E-state index in [2.05, 4.69) is 15.3 Å². The molecule has 1 N–H and O–H groups in total. The molecule has 2 aromatic rings. The molecule has 0 aliphatic rings. The van der Waals surface area contributed by atoms with Crippen LogP contribution in [0.1, 0.15) is 29.4 Å². The number of aromatic nitrogens is 2. The molecular weight excluding hydrogens is 275 g/mol. The highest BCUT2D eigenvalue weighted by molar-refractivity contribution is 7.09. The van der Waals surface area contributed by atoms with Crippen molar-refractivity contribution in [2.24, 2.45) is 0 Å². The second-order valence-corrected chi connectivity index (χ2v) is 4.99. The van der Waals surface area contributed by atoms with Gasteiger partial charge >= 0.3 is 6.18 Å². The number of nitrogens with zero attached hydrogens (tertiary/aromatic N) is 2. The maximum atomic E-state index is 12.5. The maximum Gasteiger partial charge on any atom is 0.433 e. The number of hydrogen-bond donors (Lipinski definition) is 1. The Labute approximate surface area is 112 Å². The quantitative estimate of drug-likeness (QED) is 0.925. The van der Waals surface area contributed by atoms with Gasteiger partial charge in [0.25, 0.3) is 0 Å². The molecule has 0 radical (unpaired) electrons. The van der Waals surface area contributed by atoms with Gasteiger partial charge in [0.05, 0.1) is 6.04 Å². The van der Waals surface area contributed by atoms with Gasteiger partial charge in [0, 0.05) is 11.1 Å². The molecule has 0 amide bonds. The van der Waals surface area contributed by atoms with Crippen molar-refractivity contribution in [3.05, 3.63) is 40.0 Å². The summed E-state index contributed by atoms with van der Waals surface area (Å²) in [4.78, 5) is 7.84. The van der Waals surface area contributed by atoms with Gasteiger partial charge < -0.3 is 5.32 Å². The lowest BCUT2D eigenvalue weighted by Crippen LogP contribution is -2.12. The third kappa shape index (κ3) is 3.44. The Morgan fingerprint density at radius 3 is 2.58 bits per heavy atom. The first-order valence-electron chi connectivity index (χ1n) is 5.59. The first-order valence-corrected chi connectivity index (χ1v) is 6.47. The minimum absolute atomic E-state index is 0.185. The largest absolute Gasteiger partial charge is 0.433 e. The van der Waals surface area contributed by atoms with E-state index in [9.17, 15) is 13.2 Å². The molecule has 0 saturated carbocycles. The molecule has 2 aromatic heterocycles. The fourth-order valence-corrected chi connectivity index (χ4v) is 2.33. The van der Waals surface area contributed by atoms with Crippen LogP contribution in [-0.4, -0.2) is 9.97 Å². The molecule has 0 fully saturated rings. The van der Waals surface area contributed by atoms with Crippen LogP contribution in [0.25, 0.3) is 0 Å². The number of aryl methyl sites for hydroxylation is 1. The number of thiazole rings is 1. The number of halogens is 3. The molecule has 0 saturated heterocycles. The first kappa shape index (κ1) is 13.8. The number of nitrogens with one attached hydrogen (secondary N) is 1. The average Bonchev–Trinajstić information content (AvgIpc) is 2.75. The van der Waals surface area contributed by atoms with Gasteiger partial charge in [0.15, 0.2) is 0 Å². The lowest BCUT2D eigenvalue weighted by atomic mass is 10.3. The lowest BCUT2D eigenvalue weighted by molar-refractivity contribution is -0.141. The Bertz CT molecular complexity index is 565. The molecule has 7 heteroatoms. The molecule has 3 nitrogen and oxygen atoms in total. The van der Waals surface area contributed by atoms with Crippen LogP contribution in [0.2, 0.25) is 0 Å². The van der Waals surface area contributed by atoms with Gasteiger partial charge in [-0.25, -0.2) is 9.97 Å². The smallest absolute Gasteiger partial charge is 0.361 e. The van der Waals surface area contributed by atoms with E-state index in [0.717, 1.165) is 16.8 Å². The summed E-state index contributed by atoms with van der Waals surface area (Å²) in [6.07, 6.45) is -4.43. The summed E-state index contributed by atoms with van der Waals surface area (Å²) in [7, 11) is 0. The fraction of sp³-hybridized carbons (Fsp3) is 0.333. The monoisotopic (exact) mass is 287 g/mol. The molecule has 102 valence electrons. The van der Waals surface area contributed by atoms with Gasteiger partial charge in [-0.2, -0.15) is 13.2 Å². The summed E-state index contributed by atoms with van der Waals surface area (Å²) in [5.74, 6) is 0.190. The van der Waals surface area contributed by atoms with E-state index in [4.69, 9.17) is 0 Å². The normalized spacial score (nSPS) is 13.3. The summed E-state index contributed by atoms with van der Waals surface area (Å²) in [6.45, 7) is 3.70. The average molecular weight is 287 g/mol. The molecule has 19 heavy (non-hydrogen) atoms. The molecule has 2 heterocycles. The lowest BCUT2D eigenvalue weighted by Gasteiger charge is -2.13. The zero-order valence-electron chi connectivity index (χ0n) is 10.3. The van der Waals surface area contributed by atoms with Crippen LogP contribution in [-0.2, 0) is 6.18 Å². The second kappa shape index (κ2) is 5.16. The van der Waals surface area contributed by atoms with Crippen molar-refractivity contribution in [3.63, 3.8) is 0 Å². The summed E-state index contributed by atoms with van der Waals surface area (Å²) < 4.78 is 37.6. The van der Waals surface area contributed by atoms with E-state index in [1.165, 1.54) is 23.5 Å². The number of rotatable bonds is 3. The highest BCUT2D eigenvalue weighted by Gasteiger charge is 2.32. The highest BCUT2D eigenvalue weighted by Crippen LogP contribution is 2.29. The molecule has 2 rings (SSSR count). The van der Waals surface area contributed by atoms with E-state index in [0.29, 0.717) is 0 Å². The summed E-state index contributed by atoms with van der Waals surface area (Å²) in [5.41, 5.74) is -0.00864. The van der Waals surface area contributed by atoms with E-state index in [-0.39, 0.29) is 11.9 Å². The van der Waals surface area contributed by atoms with E-state index >= 15 is 0 Å². The Balaban J connectivity index is 2.15. The standard InChI is InChI=1S/C12H12F3N3S/c1-7-6-19-11(16-7)8(2)17-10-5-3-4-9(18-10)12(13,14)15/h3-6,8H,1-2H3,(H,17,18). The van der Waals surface area contributed by atoms with Crippen LogP contribution in [0.3, 0.4) is 0 Å². The van der Waals surface area contributed by atoms with Crippen LogP contribution >= 0.6 is 11.3 Å². The van der Waals surface area contributed by atoms with Crippen LogP contribution < -0.4 is 5.32 Å². The predicted octanol–water partition coefficient (Wildman–Crippen LogP) is 4.04. The third-order valence-corrected chi connectivity index (χ3v) is 3.56. The van der Waals surface area contributed by atoms with E-state index in [1.54, 1.807) is 0 Å². The minimum atomic E-state index is -4.43. The third-order valence-electron chi connectivity index (χ3n) is 2.41. The van der Waals surface area contributed by atoms with Gasteiger partial charge in [-0.3, -0.25) is 0 Å². The molecule has 0 spiro atoms. The Morgan fingerprint density at radius 1 is 1.26 bits per heavy atom. The van der Waals surface area contributed by atoms with Crippen molar-refractivity contribution in [3.8, 4) is 0 Å². The summed E-state index contributed by atoms with van der Waals surface area (Å²) >= 11 is 1.46. The Morgan fingerprint density at radius 2 is 2.00 bits per heavy atom. The van der Waals surface area contributed by atoms with Gasteiger partial charge in [0.2, 0.25) is 0 Å². The highest BCUT2D eigenvalue weighted by atomic mass is 32.1. The number of pyridine rings is 1. The number of anilines is 1. The van der Waals surface area contributed by atoms with Crippen molar-refractivity contribution in [1.82, 2.24) is 9.97 Å². The van der Waals surface area contributed by atoms with Crippen molar-refractivity contribution in [1.29, 1.82) is 0 Å². The van der Waals surface area contributed by atoms with Crippen molar-refractivity contribution >= 4 is 17.2 Å². The fourth-order valence-electron chi connectivity index (χ4n) is 1.53. The van der Waals surface area contributed by atoms with Gasteiger partial charge in [-0.1, -0.05) is 6.07 Å². The minimum Gasteiger partial charge on any atom is -0.361 e. The predicted molar refractivity (Wildman–Crippen MR) is 68.1 cm³/mol. The summed E-state index contributed by atoms with van der Waals surface area (Å²) in [6, 6.07) is 3.60. The Kier molecular flexibility index (Phi) is 3.75. The number of alkyl halides is 3. The molecule has 0 bridgehead atoms. The second-order valence-electron chi connectivity index (χ2n) is 4.10. The van der Waals surface area contributed by atoms with Crippen molar-refractivity contribution < 1.29 is 13.2 Å². The maximum absolute atomic E-state index is 12.5. The van der Waals surface area contributed by atoms with Gasteiger partial charge in [0.1, 0.15) is 16.5 Å². The van der Waals surface area contributed by atoms with Crippen LogP contribution in [0, 0.1) is 6.92 Å². The molecule has 1 unspecified atom stereocenters. The van der Waals surface area contributed by atoms with Crippen LogP contribution in [0.4, 0.5) is 19.0 Å². The van der Waals surface area contributed by atoms with Gasteiger partial charge in [-0.15, -0.1) is 11.3 Å². The van der Waals surface area contributed by atoms with Crippen LogP contribution in [0.15, 0.2) is 23.6 Å². The van der Waals surface area contributed by atoms with Crippen LogP contribution in [0.5, 0.6) is 0 Å². The molecule has 1 atom stereocenters. The Hall–Kier alpha value is -1.63. The van der Waals surface area contributed by atoms with E-state index < -0.39 is 11.9 Å². The molecule has 0 aromatic carbocycles. The van der Waals surface area contributed by atoms with Gasteiger partial charge in [-0.05, 0) is 26.0 Å². The zero-order valence-corrected chi connectivity index (χ0v) is 11.1. The SMILES string of the molecule is Cc1csc(C(C)Nc2cccc(C(F)(F)F)n2)n1. The molecule has 0 aliphatic carbocycles. The molecule has 0 aliphatic heterocycles. The zero-order chi connectivity index (χ0) is 14.0. The topological polar surface area (TPSA) is 37.8 Å². The van der Waals surface area contributed by atoms with Crippen molar-refractivity contribution in [2.75, 3.05) is 5.32 Å². The molecular formula is C12H12F3N3S. The van der Waals surface area contributed by atoms with Crippen molar-refractivity contribution in [2.45, 2.75) is 26.1 Å². The first-order chi connectivity index (χ1) is 8.86. The summed E-state index contributed by atoms with van der Waals surface area (Å²) in [5, 5.41) is 5.63. The number of hydrogen-bond acceptors (Lipinski definition) is 4.